The zero-order valence-corrected chi connectivity index (χ0v) is 12.4. The van der Waals surface area contributed by atoms with Gasteiger partial charge < -0.3 is 0 Å². The van der Waals surface area contributed by atoms with Crippen LogP contribution in [0.1, 0.15) is 47.5 Å². The Morgan fingerprint density at radius 3 is 2.15 bits per heavy atom. The van der Waals surface area contributed by atoms with E-state index < -0.39 is 0 Å². The first-order valence-electron chi connectivity index (χ1n) is 8.20. The lowest BCUT2D eigenvalue weighted by Crippen LogP contribution is -2.39. The number of ketones is 1. The topological polar surface area (TPSA) is 17.1 Å². The van der Waals surface area contributed by atoms with Gasteiger partial charge in [-0.05, 0) is 85.0 Å². The SMILES string of the molecule is C.C=C(C(C)=O)C1CC2CC1C1C3CC(C(C)C3C)C21. The van der Waals surface area contributed by atoms with Crippen molar-refractivity contribution < 1.29 is 4.79 Å². The van der Waals surface area contributed by atoms with Gasteiger partial charge in [0.15, 0.2) is 5.78 Å². The van der Waals surface area contributed by atoms with Crippen LogP contribution in [-0.2, 0) is 4.79 Å². The number of carbonyl (C=O) groups excluding carboxylic acids is 1. The van der Waals surface area contributed by atoms with Crippen molar-refractivity contribution in [3.8, 4) is 0 Å². The fourth-order valence-corrected chi connectivity index (χ4v) is 6.89. The van der Waals surface area contributed by atoms with Crippen LogP contribution in [0.3, 0.4) is 0 Å². The minimum atomic E-state index is 0. The highest BCUT2D eigenvalue weighted by Crippen LogP contribution is 2.71. The average Bonchev–Trinajstić information content (AvgIpc) is 3.08. The first-order valence-corrected chi connectivity index (χ1v) is 8.20. The van der Waals surface area contributed by atoms with Crippen LogP contribution in [0.15, 0.2) is 12.2 Å². The van der Waals surface area contributed by atoms with Crippen molar-refractivity contribution in [1.82, 2.24) is 0 Å². The molecule has 0 saturated heterocycles. The second-order valence-corrected chi connectivity index (χ2v) is 8.02. The number of Topliss-reactive ketones (excluding diaryl/α,β-unsaturated/α-hetero) is 1. The van der Waals surface area contributed by atoms with Gasteiger partial charge in [-0.1, -0.05) is 27.9 Å². The summed E-state index contributed by atoms with van der Waals surface area (Å²) >= 11 is 0. The summed E-state index contributed by atoms with van der Waals surface area (Å²) in [5.74, 6) is 8.26. The normalized spacial score (nSPS) is 54.6. The van der Waals surface area contributed by atoms with E-state index >= 15 is 0 Å². The Balaban J connectivity index is 0.00000121. The molecule has 9 atom stereocenters. The molecule has 0 aromatic heterocycles. The molecule has 0 spiro atoms. The highest BCUT2D eigenvalue weighted by Gasteiger charge is 2.65. The first-order chi connectivity index (χ1) is 9.00. The highest BCUT2D eigenvalue weighted by molar-refractivity contribution is 5.93. The molecule has 4 fully saturated rings. The van der Waals surface area contributed by atoms with Crippen molar-refractivity contribution in [3.05, 3.63) is 12.2 Å². The number of hydrogen-bond donors (Lipinski definition) is 0. The summed E-state index contributed by atoms with van der Waals surface area (Å²) in [6.45, 7) is 10.8. The maximum atomic E-state index is 11.7. The molecule has 4 rings (SSSR count). The summed E-state index contributed by atoms with van der Waals surface area (Å²) in [6, 6.07) is 0. The molecule has 20 heavy (non-hydrogen) atoms. The maximum absolute atomic E-state index is 11.7. The van der Waals surface area contributed by atoms with Crippen LogP contribution in [-0.4, -0.2) is 5.78 Å². The van der Waals surface area contributed by atoms with Crippen molar-refractivity contribution >= 4 is 5.78 Å². The molecule has 0 radical (unpaired) electrons. The molecular formula is C19H30O. The Bertz CT molecular complexity index is 451. The van der Waals surface area contributed by atoms with Gasteiger partial charge in [0, 0.05) is 0 Å². The van der Waals surface area contributed by atoms with Gasteiger partial charge in [-0.15, -0.1) is 0 Å². The molecule has 4 bridgehead atoms. The molecule has 4 aliphatic carbocycles. The van der Waals surface area contributed by atoms with Gasteiger partial charge in [0.1, 0.15) is 0 Å². The molecule has 4 aliphatic rings. The Labute approximate surface area is 124 Å². The van der Waals surface area contributed by atoms with E-state index in [9.17, 15) is 4.79 Å². The lowest BCUT2D eigenvalue weighted by Gasteiger charge is -2.43. The lowest BCUT2D eigenvalue weighted by atomic mass is 9.61. The molecule has 0 amide bonds. The van der Waals surface area contributed by atoms with Crippen LogP contribution in [0, 0.1) is 53.3 Å². The molecule has 0 aromatic carbocycles. The van der Waals surface area contributed by atoms with E-state index in [0.717, 1.165) is 52.9 Å². The zero-order chi connectivity index (χ0) is 13.5. The van der Waals surface area contributed by atoms with Gasteiger partial charge in [0.25, 0.3) is 0 Å². The highest BCUT2D eigenvalue weighted by atomic mass is 16.1. The van der Waals surface area contributed by atoms with E-state index in [-0.39, 0.29) is 13.2 Å². The van der Waals surface area contributed by atoms with Crippen LogP contribution in [0.5, 0.6) is 0 Å². The third kappa shape index (κ3) is 1.53. The van der Waals surface area contributed by atoms with Crippen molar-refractivity contribution in [2.45, 2.75) is 47.5 Å². The number of carbonyl (C=O) groups is 1. The first kappa shape index (κ1) is 14.4. The number of rotatable bonds is 2. The Morgan fingerprint density at radius 2 is 1.55 bits per heavy atom. The molecule has 112 valence electrons. The van der Waals surface area contributed by atoms with Gasteiger partial charge in [0.05, 0.1) is 0 Å². The summed E-state index contributed by atoms with van der Waals surface area (Å²) in [7, 11) is 0. The molecule has 1 heteroatoms. The monoisotopic (exact) mass is 274 g/mol. The van der Waals surface area contributed by atoms with Crippen molar-refractivity contribution in [3.63, 3.8) is 0 Å². The lowest BCUT2D eigenvalue weighted by molar-refractivity contribution is -0.114. The van der Waals surface area contributed by atoms with Gasteiger partial charge >= 0.3 is 0 Å². The van der Waals surface area contributed by atoms with Gasteiger partial charge in [-0.3, -0.25) is 4.79 Å². The summed E-state index contributed by atoms with van der Waals surface area (Å²) in [5.41, 5.74) is 0.939. The van der Waals surface area contributed by atoms with Gasteiger partial charge in [-0.2, -0.15) is 0 Å². The van der Waals surface area contributed by atoms with E-state index in [1.54, 1.807) is 6.92 Å². The predicted molar refractivity (Wildman–Crippen MR) is 83.2 cm³/mol. The van der Waals surface area contributed by atoms with Crippen LogP contribution in [0.2, 0.25) is 0 Å². The second-order valence-electron chi connectivity index (χ2n) is 8.02. The van der Waals surface area contributed by atoms with Crippen LogP contribution < -0.4 is 0 Å². The van der Waals surface area contributed by atoms with E-state index in [1.807, 2.05) is 0 Å². The molecule has 1 nitrogen and oxygen atoms in total. The summed E-state index contributed by atoms with van der Waals surface area (Å²) in [4.78, 5) is 11.7. The van der Waals surface area contributed by atoms with Crippen molar-refractivity contribution in [2.75, 3.05) is 0 Å². The summed E-state index contributed by atoms with van der Waals surface area (Å²) in [5, 5.41) is 0. The summed E-state index contributed by atoms with van der Waals surface area (Å²) in [6.07, 6.45) is 4.16. The van der Waals surface area contributed by atoms with Crippen molar-refractivity contribution in [2.24, 2.45) is 53.3 Å². The van der Waals surface area contributed by atoms with Gasteiger partial charge in [-0.25, -0.2) is 0 Å². The quantitative estimate of drug-likeness (QED) is 0.532. The number of allylic oxidation sites excluding steroid dienone is 1. The van der Waals surface area contributed by atoms with Gasteiger partial charge in [0.2, 0.25) is 0 Å². The fourth-order valence-electron chi connectivity index (χ4n) is 6.89. The number of hydrogen-bond acceptors (Lipinski definition) is 1. The molecule has 4 saturated carbocycles. The third-order valence-electron chi connectivity index (χ3n) is 7.74. The maximum Gasteiger partial charge on any atom is 0.155 e. The van der Waals surface area contributed by atoms with Crippen molar-refractivity contribution in [1.29, 1.82) is 0 Å². The smallest absolute Gasteiger partial charge is 0.155 e. The molecule has 0 aromatic rings. The van der Waals surface area contributed by atoms with E-state index in [4.69, 9.17) is 0 Å². The number of fused-ring (bicyclic) bond motifs is 9. The Morgan fingerprint density at radius 1 is 0.950 bits per heavy atom. The minimum Gasteiger partial charge on any atom is -0.295 e. The standard InChI is InChI=1S/C18H26O.CH4/c1-8-9(2)15-7-14(8)17-12-5-13(10(3)11(4)19)16(6-12)18(15)17;/h8-9,12-18H,3,5-7H2,1-2,4H3;1H4. The zero-order valence-electron chi connectivity index (χ0n) is 12.4. The van der Waals surface area contributed by atoms with Crippen LogP contribution >= 0.6 is 0 Å². The van der Waals surface area contributed by atoms with Crippen LogP contribution in [0.25, 0.3) is 0 Å². The average molecular weight is 274 g/mol. The minimum absolute atomic E-state index is 0. The molecule has 9 unspecified atom stereocenters. The Hall–Kier alpha value is -0.590. The summed E-state index contributed by atoms with van der Waals surface area (Å²) < 4.78 is 0. The van der Waals surface area contributed by atoms with E-state index in [1.165, 1.54) is 19.3 Å². The molecular weight excluding hydrogens is 244 g/mol. The fraction of sp³-hybridized carbons (Fsp3) is 0.842. The van der Waals surface area contributed by atoms with E-state index in [0.29, 0.717) is 5.92 Å². The predicted octanol–water partition coefficient (Wildman–Crippen LogP) is 4.58. The second kappa shape index (κ2) is 4.45. The third-order valence-corrected chi connectivity index (χ3v) is 7.74. The largest absolute Gasteiger partial charge is 0.295 e. The van der Waals surface area contributed by atoms with Crippen LogP contribution in [0.4, 0.5) is 0 Å². The molecule has 0 heterocycles. The van der Waals surface area contributed by atoms with E-state index in [2.05, 4.69) is 20.4 Å². The molecule has 0 aliphatic heterocycles. The molecule has 0 N–H and O–H groups in total. The Kier molecular flexibility index (Phi) is 3.19.